The highest BCUT2D eigenvalue weighted by atomic mass is 32.3. The molecule has 24 heavy (non-hydrogen) atoms. The van der Waals surface area contributed by atoms with E-state index in [0.29, 0.717) is 11.3 Å². The molecule has 1 amide bonds. The summed E-state index contributed by atoms with van der Waals surface area (Å²) in [6.07, 6.45) is 0.0595. The van der Waals surface area contributed by atoms with Gasteiger partial charge < -0.3 is 5.32 Å². The lowest BCUT2D eigenvalue weighted by atomic mass is 10.1. The lowest BCUT2D eigenvalue weighted by molar-refractivity contribution is -0.120. The van der Waals surface area contributed by atoms with Crippen molar-refractivity contribution >= 4 is 16.1 Å². The largest absolute Gasteiger partial charge is 0.350 e. The topological polar surface area (TPSA) is 89.0 Å². The molecular formula is C16H18FN3O3S. The molecule has 128 valence electrons. The molecule has 0 bridgehead atoms. The molecule has 2 rings (SSSR count). The number of amides is 1. The normalized spacial score (nSPS) is 11.3. The SMILES string of the molecule is Cc1nc(C)c(CNC(=O)Cc2ccc(S(=O)(=O)F)cc2)nc1C. The third kappa shape index (κ3) is 4.58. The van der Waals surface area contributed by atoms with Gasteiger partial charge in [0.25, 0.3) is 0 Å². The Morgan fingerprint density at radius 3 is 2.21 bits per heavy atom. The van der Waals surface area contributed by atoms with E-state index in [0.717, 1.165) is 29.2 Å². The van der Waals surface area contributed by atoms with Crippen molar-refractivity contribution < 1.29 is 17.1 Å². The molecule has 1 N–H and O–H groups in total. The minimum atomic E-state index is -4.72. The molecule has 0 aliphatic rings. The Hall–Kier alpha value is -2.35. The Kier molecular flexibility index (Phi) is 5.28. The van der Waals surface area contributed by atoms with Gasteiger partial charge in [0.1, 0.15) is 0 Å². The Labute approximate surface area is 140 Å². The number of nitrogens with zero attached hydrogens (tertiary/aromatic N) is 2. The number of aromatic nitrogens is 2. The predicted molar refractivity (Wildman–Crippen MR) is 86.5 cm³/mol. The lowest BCUT2D eigenvalue weighted by Gasteiger charge is -2.09. The van der Waals surface area contributed by atoms with Crippen molar-refractivity contribution in [3.8, 4) is 0 Å². The molecule has 0 aliphatic heterocycles. The first kappa shape index (κ1) is 18.0. The monoisotopic (exact) mass is 351 g/mol. The molecule has 2 aromatic rings. The van der Waals surface area contributed by atoms with E-state index in [1.165, 1.54) is 12.1 Å². The maximum atomic E-state index is 12.8. The summed E-state index contributed by atoms with van der Waals surface area (Å²) < 4.78 is 34.3. The van der Waals surface area contributed by atoms with Crippen LogP contribution in [-0.4, -0.2) is 24.3 Å². The summed E-state index contributed by atoms with van der Waals surface area (Å²) in [6.45, 7) is 5.82. The predicted octanol–water partition coefficient (Wildman–Crippen LogP) is 1.92. The summed E-state index contributed by atoms with van der Waals surface area (Å²) in [4.78, 5) is 20.3. The van der Waals surface area contributed by atoms with Crippen molar-refractivity contribution in [1.29, 1.82) is 0 Å². The van der Waals surface area contributed by atoms with Crippen LogP contribution in [0, 0.1) is 20.8 Å². The molecular weight excluding hydrogens is 333 g/mol. The summed E-state index contributed by atoms with van der Waals surface area (Å²) in [5, 5.41) is 2.75. The molecule has 1 aromatic carbocycles. The summed E-state index contributed by atoms with van der Waals surface area (Å²) in [5.41, 5.74) is 3.71. The van der Waals surface area contributed by atoms with Crippen molar-refractivity contribution in [3.63, 3.8) is 0 Å². The summed E-state index contributed by atoms with van der Waals surface area (Å²) in [6, 6.07) is 5.09. The van der Waals surface area contributed by atoms with Crippen molar-refractivity contribution in [1.82, 2.24) is 15.3 Å². The molecule has 6 nitrogen and oxygen atoms in total. The van der Waals surface area contributed by atoms with Crippen LogP contribution in [0.4, 0.5) is 3.89 Å². The van der Waals surface area contributed by atoms with E-state index in [4.69, 9.17) is 0 Å². The molecule has 0 radical (unpaired) electrons. The molecule has 0 saturated carbocycles. The van der Waals surface area contributed by atoms with E-state index >= 15 is 0 Å². The van der Waals surface area contributed by atoms with Crippen LogP contribution in [0.15, 0.2) is 29.2 Å². The van der Waals surface area contributed by atoms with Crippen LogP contribution >= 0.6 is 0 Å². The van der Waals surface area contributed by atoms with Gasteiger partial charge in [-0.3, -0.25) is 14.8 Å². The van der Waals surface area contributed by atoms with Gasteiger partial charge in [-0.1, -0.05) is 12.1 Å². The minimum absolute atomic E-state index is 0.0595. The Balaban J connectivity index is 1.98. The van der Waals surface area contributed by atoms with Gasteiger partial charge in [0.2, 0.25) is 5.91 Å². The van der Waals surface area contributed by atoms with Crippen LogP contribution < -0.4 is 5.32 Å². The fraction of sp³-hybridized carbons (Fsp3) is 0.312. The first-order valence-electron chi connectivity index (χ1n) is 7.28. The number of hydrogen-bond acceptors (Lipinski definition) is 5. The van der Waals surface area contributed by atoms with Crippen LogP contribution in [0.25, 0.3) is 0 Å². The van der Waals surface area contributed by atoms with Gasteiger partial charge in [-0.15, -0.1) is 3.89 Å². The average Bonchev–Trinajstić information content (AvgIpc) is 2.49. The van der Waals surface area contributed by atoms with E-state index in [9.17, 15) is 17.1 Å². The smallest absolute Gasteiger partial charge is 0.332 e. The van der Waals surface area contributed by atoms with Gasteiger partial charge in [-0.25, -0.2) is 0 Å². The Morgan fingerprint density at radius 2 is 1.62 bits per heavy atom. The van der Waals surface area contributed by atoms with Gasteiger partial charge >= 0.3 is 10.2 Å². The molecule has 0 unspecified atom stereocenters. The van der Waals surface area contributed by atoms with E-state index in [1.807, 2.05) is 20.8 Å². The highest BCUT2D eigenvalue weighted by Crippen LogP contribution is 2.13. The molecule has 0 atom stereocenters. The fourth-order valence-corrected chi connectivity index (χ4v) is 2.59. The van der Waals surface area contributed by atoms with Gasteiger partial charge in [0, 0.05) is 0 Å². The number of halogens is 1. The zero-order valence-corrected chi connectivity index (χ0v) is 14.4. The summed E-state index contributed by atoms with van der Waals surface area (Å²) in [7, 11) is -4.72. The number of rotatable bonds is 5. The number of carbonyl (C=O) groups excluding carboxylic acids is 1. The van der Waals surface area contributed by atoms with E-state index in [-0.39, 0.29) is 18.9 Å². The van der Waals surface area contributed by atoms with Gasteiger partial charge in [0.05, 0.1) is 40.6 Å². The Morgan fingerprint density at radius 1 is 1.04 bits per heavy atom. The summed E-state index contributed by atoms with van der Waals surface area (Å²) in [5.74, 6) is -0.245. The molecule has 0 fully saturated rings. The van der Waals surface area contributed by atoms with Crippen molar-refractivity contribution in [3.05, 3.63) is 52.6 Å². The number of benzene rings is 1. The number of aryl methyl sites for hydroxylation is 3. The second-order valence-electron chi connectivity index (χ2n) is 5.46. The van der Waals surface area contributed by atoms with E-state index in [2.05, 4.69) is 15.3 Å². The third-order valence-corrected chi connectivity index (χ3v) is 4.44. The third-order valence-electron chi connectivity index (χ3n) is 3.60. The number of nitrogens with one attached hydrogen (secondary N) is 1. The molecule has 8 heteroatoms. The lowest BCUT2D eigenvalue weighted by Crippen LogP contribution is -2.26. The standard InChI is InChI=1S/C16H18FN3O3S/c1-10-11(2)20-15(12(3)19-10)9-18-16(21)8-13-4-6-14(7-5-13)24(17,22)23/h4-7H,8-9H2,1-3H3,(H,18,21). The van der Waals surface area contributed by atoms with Crippen molar-refractivity contribution in [2.75, 3.05) is 0 Å². The zero-order chi connectivity index (χ0) is 17.9. The maximum absolute atomic E-state index is 12.8. The van der Waals surface area contributed by atoms with Crippen LogP contribution in [0.5, 0.6) is 0 Å². The number of hydrogen-bond donors (Lipinski definition) is 1. The minimum Gasteiger partial charge on any atom is -0.350 e. The highest BCUT2D eigenvalue weighted by molar-refractivity contribution is 7.86. The van der Waals surface area contributed by atoms with Crippen LogP contribution in [-0.2, 0) is 28.0 Å². The Bertz CT molecular complexity index is 865. The molecule has 1 heterocycles. The van der Waals surface area contributed by atoms with Crippen LogP contribution in [0.3, 0.4) is 0 Å². The number of carbonyl (C=O) groups is 1. The van der Waals surface area contributed by atoms with Crippen LogP contribution in [0.1, 0.15) is 28.3 Å². The van der Waals surface area contributed by atoms with Gasteiger partial charge in [-0.05, 0) is 38.5 Å². The van der Waals surface area contributed by atoms with E-state index < -0.39 is 15.1 Å². The van der Waals surface area contributed by atoms with E-state index in [1.54, 1.807) is 0 Å². The zero-order valence-electron chi connectivity index (χ0n) is 13.6. The van der Waals surface area contributed by atoms with Gasteiger partial charge in [0.15, 0.2) is 0 Å². The second kappa shape index (κ2) is 7.04. The van der Waals surface area contributed by atoms with Gasteiger partial charge in [-0.2, -0.15) is 8.42 Å². The molecule has 0 spiro atoms. The first-order valence-corrected chi connectivity index (χ1v) is 8.66. The second-order valence-corrected chi connectivity index (χ2v) is 6.81. The molecule has 0 aliphatic carbocycles. The maximum Gasteiger partial charge on any atom is 0.332 e. The summed E-state index contributed by atoms with van der Waals surface area (Å²) >= 11 is 0. The van der Waals surface area contributed by atoms with Crippen molar-refractivity contribution in [2.24, 2.45) is 0 Å². The average molecular weight is 351 g/mol. The first-order chi connectivity index (χ1) is 11.2. The molecule has 0 saturated heterocycles. The highest BCUT2D eigenvalue weighted by Gasteiger charge is 2.12. The quantitative estimate of drug-likeness (QED) is 0.832. The fourth-order valence-electron chi connectivity index (χ4n) is 2.13. The van der Waals surface area contributed by atoms with Crippen molar-refractivity contribution in [2.45, 2.75) is 38.6 Å². The van der Waals surface area contributed by atoms with Crippen LogP contribution in [0.2, 0.25) is 0 Å². The molecule has 1 aromatic heterocycles.